The highest BCUT2D eigenvalue weighted by molar-refractivity contribution is 5.69. The molecule has 0 aromatic carbocycles. The first-order valence-electron chi connectivity index (χ1n) is 17.2. The summed E-state index contributed by atoms with van der Waals surface area (Å²) in [6.45, 7) is 9.85. The molecule has 7 heteroatoms. The maximum absolute atomic E-state index is 11.5. The first-order chi connectivity index (χ1) is 20.0. The fraction of sp³-hybridized carbons (Fsp3) is 0.857. The second-order valence-corrected chi connectivity index (χ2v) is 12.9. The molecule has 3 unspecified atom stereocenters. The van der Waals surface area contributed by atoms with Gasteiger partial charge in [0.15, 0.2) is 0 Å². The number of carbonyl (C=O) groups excluding carboxylic acids is 1. The van der Waals surface area contributed by atoms with Crippen LogP contribution in [0.15, 0.2) is 12.2 Å². The van der Waals surface area contributed by atoms with Gasteiger partial charge in [0.05, 0.1) is 38.0 Å². The zero-order valence-electron chi connectivity index (χ0n) is 27.6. The van der Waals surface area contributed by atoms with Crippen molar-refractivity contribution in [3.8, 4) is 0 Å². The number of hydrogen-bond donors (Lipinski definition) is 2. The Balaban J connectivity index is 4.58. The average molecular weight is 596 g/mol. The Labute approximate surface area is 257 Å². The van der Waals surface area contributed by atoms with E-state index in [0.717, 1.165) is 25.8 Å². The third-order valence-electron chi connectivity index (χ3n) is 9.00. The Morgan fingerprint density at radius 2 is 0.929 bits per heavy atom. The van der Waals surface area contributed by atoms with Crippen LogP contribution in [-0.4, -0.2) is 58.8 Å². The van der Waals surface area contributed by atoms with Gasteiger partial charge in [-0.25, -0.2) is 0 Å². The molecule has 0 amide bonds. The highest BCUT2D eigenvalue weighted by Crippen LogP contribution is 2.21. The van der Waals surface area contributed by atoms with E-state index in [1.165, 1.54) is 83.5 Å². The van der Waals surface area contributed by atoms with E-state index in [-0.39, 0.29) is 0 Å². The smallest absolute Gasteiger partial charge is 0.306 e. The van der Waals surface area contributed by atoms with Crippen molar-refractivity contribution in [2.45, 2.75) is 150 Å². The summed E-state index contributed by atoms with van der Waals surface area (Å²) in [7, 11) is 0. The summed E-state index contributed by atoms with van der Waals surface area (Å²) in [4.78, 5) is 34.3. The van der Waals surface area contributed by atoms with Crippen molar-refractivity contribution < 1.29 is 34.2 Å². The molecule has 0 saturated heterocycles. The van der Waals surface area contributed by atoms with Crippen LogP contribution in [0.3, 0.4) is 0 Å². The van der Waals surface area contributed by atoms with Gasteiger partial charge in [0.25, 0.3) is 0 Å². The van der Waals surface area contributed by atoms with Gasteiger partial charge in [0, 0.05) is 37.6 Å². The molecule has 0 aliphatic heterocycles. The fourth-order valence-electron chi connectivity index (χ4n) is 5.50. The molecule has 0 aromatic heterocycles. The second-order valence-electron chi connectivity index (χ2n) is 12.9. The Kier molecular flexibility index (Phi) is 24.4. The third kappa shape index (κ3) is 21.8. The first-order valence-corrected chi connectivity index (χ1v) is 17.2. The largest absolute Gasteiger partial charge is 0.550 e. The van der Waals surface area contributed by atoms with Gasteiger partial charge in [-0.2, -0.15) is 0 Å². The number of carboxylic acid groups (broad SMARTS) is 3. The SMILES string of the molecule is CCCCCCCCCCCCCCC/C=C/CCC[N+](CCC(C)C(=O)[O-])(CCC(C)C(=O)O)CCC(C)C(=O)O. The molecule has 7 nitrogen and oxygen atoms in total. The maximum Gasteiger partial charge on any atom is 0.306 e. The number of rotatable bonds is 30. The number of hydrogen-bond acceptors (Lipinski definition) is 4. The first kappa shape index (κ1) is 40.1. The fourth-order valence-corrected chi connectivity index (χ4v) is 5.50. The van der Waals surface area contributed by atoms with E-state index in [4.69, 9.17) is 0 Å². The van der Waals surface area contributed by atoms with Gasteiger partial charge in [-0.15, -0.1) is 0 Å². The van der Waals surface area contributed by atoms with E-state index in [1.54, 1.807) is 20.8 Å². The summed E-state index contributed by atoms with van der Waals surface area (Å²) < 4.78 is 0.555. The lowest BCUT2D eigenvalue weighted by Gasteiger charge is -2.41. The van der Waals surface area contributed by atoms with Crippen LogP contribution >= 0.6 is 0 Å². The molecule has 0 saturated carbocycles. The van der Waals surface area contributed by atoms with Crippen LogP contribution in [0, 0.1) is 17.8 Å². The van der Waals surface area contributed by atoms with Crippen LogP contribution in [0.25, 0.3) is 0 Å². The summed E-state index contributed by atoms with van der Waals surface area (Å²) in [5, 5.41) is 30.2. The third-order valence-corrected chi connectivity index (χ3v) is 9.00. The molecule has 42 heavy (non-hydrogen) atoms. The lowest BCUT2D eigenvalue weighted by molar-refractivity contribution is -0.929. The van der Waals surface area contributed by atoms with Crippen molar-refractivity contribution in [3.05, 3.63) is 12.2 Å². The van der Waals surface area contributed by atoms with Crippen LogP contribution in [-0.2, 0) is 14.4 Å². The van der Waals surface area contributed by atoms with E-state index in [0.29, 0.717) is 43.4 Å². The molecule has 0 aromatic rings. The highest BCUT2D eigenvalue weighted by atomic mass is 16.4. The van der Waals surface area contributed by atoms with E-state index in [9.17, 15) is 29.7 Å². The molecule has 0 bridgehead atoms. The number of aliphatic carboxylic acids is 3. The Morgan fingerprint density at radius 1 is 0.571 bits per heavy atom. The van der Waals surface area contributed by atoms with Crippen molar-refractivity contribution in [2.24, 2.45) is 17.8 Å². The molecule has 3 atom stereocenters. The molecular weight excluding hydrogens is 530 g/mol. The van der Waals surface area contributed by atoms with Crippen molar-refractivity contribution >= 4 is 17.9 Å². The standard InChI is InChI=1S/C35H65NO6/c1-5-6-7-8-9-10-11-12-13-14-15-16-17-18-19-20-21-22-26-36(27-23-30(2)33(37)38,28-24-31(3)34(39)40)29-25-32(4)35(41)42/h19-20,30-32H,5-18,21-29H2,1-4H3,(H2-,37,38,39,40,41,42)/b20-19+. The maximum atomic E-state index is 11.5. The predicted octanol–water partition coefficient (Wildman–Crippen LogP) is 7.62. The molecule has 0 rings (SSSR count). The van der Waals surface area contributed by atoms with Crippen molar-refractivity contribution in [1.82, 2.24) is 0 Å². The Hall–Kier alpha value is -1.89. The van der Waals surface area contributed by atoms with E-state index >= 15 is 0 Å². The second kappa shape index (κ2) is 25.6. The molecule has 0 aliphatic rings. The lowest BCUT2D eigenvalue weighted by Crippen LogP contribution is -2.52. The molecule has 0 radical (unpaired) electrons. The molecule has 0 fully saturated rings. The monoisotopic (exact) mass is 595 g/mol. The Morgan fingerprint density at radius 3 is 1.31 bits per heavy atom. The van der Waals surface area contributed by atoms with Gasteiger partial charge in [0.1, 0.15) is 0 Å². The van der Waals surface area contributed by atoms with E-state index in [1.807, 2.05) is 0 Å². The minimum Gasteiger partial charge on any atom is -0.550 e. The number of allylic oxidation sites excluding steroid dienone is 2. The number of nitrogens with zero attached hydrogens (tertiary/aromatic N) is 1. The number of carboxylic acids is 3. The molecule has 2 N–H and O–H groups in total. The summed E-state index contributed by atoms with van der Waals surface area (Å²) in [6.07, 6.45) is 26.4. The quantitative estimate of drug-likeness (QED) is 0.0501. The normalized spacial score (nSPS) is 15.3. The van der Waals surface area contributed by atoms with Gasteiger partial charge < -0.3 is 24.6 Å². The highest BCUT2D eigenvalue weighted by Gasteiger charge is 2.30. The lowest BCUT2D eigenvalue weighted by atomic mass is 10.0. The molecular formula is C35H65NO6. The van der Waals surface area contributed by atoms with Crippen LogP contribution in [0.5, 0.6) is 0 Å². The van der Waals surface area contributed by atoms with E-state index in [2.05, 4.69) is 19.1 Å². The minimum absolute atomic E-state index is 0.431. The van der Waals surface area contributed by atoms with Crippen LogP contribution in [0.4, 0.5) is 0 Å². The van der Waals surface area contributed by atoms with Gasteiger partial charge in [-0.1, -0.05) is 117 Å². The minimum atomic E-state index is -1.08. The van der Waals surface area contributed by atoms with Gasteiger partial charge >= 0.3 is 11.9 Å². The molecule has 0 spiro atoms. The van der Waals surface area contributed by atoms with E-state index < -0.39 is 35.7 Å². The molecule has 246 valence electrons. The summed E-state index contributed by atoms with van der Waals surface area (Å²) in [5.41, 5.74) is 0. The average Bonchev–Trinajstić information content (AvgIpc) is 2.96. The molecule has 0 aliphatic carbocycles. The zero-order chi connectivity index (χ0) is 31.6. The number of quaternary nitrogens is 1. The Bertz CT molecular complexity index is 677. The van der Waals surface area contributed by atoms with Crippen molar-refractivity contribution in [3.63, 3.8) is 0 Å². The van der Waals surface area contributed by atoms with Crippen LogP contribution < -0.4 is 5.11 Å². The summed E-state index contributed by atoms with van der Waals surface area (Å²) in [6, 6.07) is 0. The summed E-state index contributed by atoms with van der Waals surface area (Å²) >= 11 is 0. The van der Waals surface area contributed by atoms with Gasteiger partial charge in [-0.05, 0) is 19.3 Å². The van der Waals surface area contributed by atoms with Gasteiger partial charge in [-0.3, -0.25) is 9.59 Å². The van der Waals surface area contributed by atoms with Gasteiger partial charge in [0.2, 0.25) is 0 Å². The number of carbonyl (C=O) groups is 3. The number of unbranched alkanes of at least 4 members (excludes halogenated alkanes) is 14. The molecule has 0 heterocycles. The van der Waals surface area contributed by atoms with Crippen LogP contribution in [0.1, 0.15) is 150 Å². The topological polar surface area (TPSA) is 115 Å². The van der Waals surface area contributed by atoms with Crippen LogP contribution in [0.2, 0.25) is 0 Å². The summed E-state index contributed by atoms with van der Waals surface area (Å²) in [5.74, 6) is -4.37. The predicted molar refractivity (Wildman–Crippen MR) is 170 cm³/mol. The van der Waals surface area contributed by atoms with Crippen molar-refractivity contribution in [2.75, 3.05) is 26.2 Å². The zero-order valence-corrected chi connectivity index (χ0v) is 27.6. The van der Waals surface area contributed by atoms with Crippen molar-refractivity contribution in [1.29, 1.82) is 0 Å².